The molecule has 0 fully saturated rings. The van der Waals surface area contributed by atoms with Gasteiger partial charge < -0.3 is 25.2 Å². The van der Waals surface area contributed by atoms with Crippen molar-refractivity contribution in [1.82, 2.24) is 0 Å². The maximum absolute atomic E-state index is 11.7. The molecule has 0 bridgehead atoms. The number of carboxylic acid groups (broad SMARTS) is 1. The monoisotopic (exact) mass is 446 g/mol. The molecule has 8 heteroatoms. The van der Waals surface area contributed by atoms with Gasteiger partial charge in [0, 0.05) is 16.8 Å². The lowest BCUT2D eigenvalue weighted by Crippen LogP contribution is -2.40. The van der Waals surface area contributed by atoms with Crippen LogP contribution in [0.25, 0.3) is 0 Å². The molecule has 2 aromatic rings. The average molecular weight is 447 g/mol. The lowest BCUT2D eigenvalue weighted by Gasteiger charge is -2.42. The third-order valence-electron chi connectivity index (χ3n) is 5.44. The number of fused-ring (bicyclic) bond motifs is 1. The maximum Gasteiger partial charge on any atom is 0.513 e. The number of carboxylic acids is 1. The summed E-state index contributed by atoms with van der Waals surface area (Å²) in [5.74, 6) is -0.638. The van der Waals surface area contributed by atoms with E-state index in [0.29, 0.717) is 28.6 Å². The summed E-state index contributed by atoms with van der Waals surface area (Å²) in [6.07, 6.45) is -0.133. The quantitative estimate of drug-likeness (QED) is 0.412. The third kappa shape index (κ3) is 4.88. The molecule has 1 aliphatic heterocycles. The number of carbonyl (C=O) groups excluding carboxylic acids is 1. The largest absolute Gasteiger partial charge is 0.513 e. The minimum atomic E-state index is -1.11. The predicted molar refractivity (Wildman–Crippen MR) is 120 cm³/mol. The first kappa shape index (κ1) is 22.7. The minimum absolute atomic E-state index is 0.129. The van der Waals surface area contributed by atoms with E-state index in [0.717, 1.165) is 11.1 Å². The minimum Gasteiger partial charge on any atom is -0.480 e. The van der Waals surface area contributed by atoms with Crippen molar-refractivity contribution in [3.05, 3.63) is 52.5 Å². The second-order valence-electron chi connectivity index (χ2n) is 8.92. The van der Waals surface area contributed by atoms with E-state index in [2.05, 4.69) is 29.2 Å². The molecular weight excluding hydrogens is 420 g/mol. The molecule has 0 aromatic heterocycles. The standard InChI is InChI=1S/C23H27ClN2O5/c1-22(2)12-14-9-15(24)11-17(31-21(29)30-5)18(14)25-19(22)13-7-6-8-16(10-13)26-23(3,4)20(27)28/h6-11,19,25-26H,12H2,1-5H3,(H,27,28). The van der Waals surface area contributed by atoms with Crippen molar-refractivity contribution in [1.29, 1.82) is 0 Å². The molecule has 0 amide bonds. The van der Waals surface area contributed by atoms with Crippen LogP contribution in [0.15, 0.2) is 36.4 Å². The molecule has 1 aliphatic rings. The Labute approximate surface area is 186 Å². The number of benzene rings is 2. The molecule has 2 aromatic carbocycles. The second kappa shape index (κ2) is 8.30. The van der Waals surface area contributed by atoms with Crippen molar-refractivity contribution in [3.63, 3.8) is 0 Å². The normalized spacial score (nSPS) is 17.2. The van der Waals surface area contributed by atoms with Crippen LogP contribution in [-0.4, -0.2) is 29.9 Å². The van der Waals surface area contributed by atoms with Crippen LogP contribution in [0.3, 0.4) is 0 Å². The summed E-state index contributed by atoms with van der Waals surface area (Å²) in [7, 11) is 1.25. The predicted octanol–water partition coefficient (Wildman–Crippen LogP) is 5.50. The van der Waals surface area contributed by atoms with E-state index in [1.807, 2.05) is 30.3 Å². The molecule has 0 spiro atoms. The van der Waals surface area contributed by atoms with Gasteiger partial charge >= 0.3 is 12.1 Å². The molecular formula is C23H27ClN2O5. The van der Waals surface area contributed by atoms with Crippen LogP contribution in [0, 0.1) is 5.41 Å². The number of ether oxygens (including phenoxy) is 2. The summed E-state index contributed by atoms with van der Waals surface area (Å²) in [4.78, 5) is 23.2. The van der Waals surface area contributed by atoms with E-state index in [9.17, 15) is 14.7 Å². The van der Waals surface area contributed by atoms with Crippen LogP contribution in [0.5, 0.6) is 5.75 Å². The molecule has 0 radical (unpaired) electrons. The average Bonchev–Trinajstić information content (AvgIpc) is 2.66. The van der Waals surface area contributed by atoms with Gasteiger partial charge in [-0.2, -0.15) is 0 Å². The van der Waals surface area contributed by atoms with Crippen LogP contribution in [0.4, 0.5) is 16.2 Å². The Morgan fingerprint density at radius 3 is 2.61 bits per heavy atom. The smallest absolute Gasteiger partial charge is 0.480 e. The molecule has 31 heavy (non-hydrogen) atoms. The van der Waals surface area contributed by atoms with Gasteiger partial charge in [-0.3, -0.25) is 0 Å². The van der Waals surface area contributed by atoms with E-state index >= 15 is 0 Å². The highest BCUT2D eigenvalue weighted by atomic mass is 35.5. The third-order valence-corrected chi connectivity index (χ3v) is 5.65. The zero-order valence-electron chi connectivity index (χ0n) is 18.2. The Balaban J connectivity index is 1.99. The van der Waals surface area contributed by atoms with Gasteiger partial charge in [-0.1, -0.05) is 37.6 Å². The van der Waals surface area contributed by atoms with Crippen molar-refractivity contribution in [2.24, 2.45) is 5.41 Å². The van der Waals surface area contributed by atoms with E-state index in [-0.39, 0.29) is 11.5 Å². The summed E-state index contributed by atoms with van der Waals surface area (Å²) in [6.45, 7) is 7.50. The number of hydrogen-bond acceptors (Lipinski definition) is 6. The number of halogens is 1. The summed E-state index contributed by atoms with van der Waals surface area (Å²) in [5, 5.41) is 16.5. The van der Waals surface area contributed by atoms with Crippen molar-refractivity contribution in [2.45, 2.75) is 45.7 Å². The van der Waals surface area contributed by atoms with E-state index < -0.39 is 17.7 Å². The Morgan fingerprint density at radius 1 is 1.26 bits per heavy atom. The summed E-state index contributed by atoms with van der Waals surface area (Å²) < 4.78 is 9.96. The molecule has 1 heterocycles. The number of carbonyl (C=O) groups is 2. The molecule has 0 saturated carbocycles. The van der Waals surface area contributed by atoms with Gasteiger partial charge in [0.2, 0.25) is 0 Å². The fraction of sp³-hybridized carbons (Fsp3) is 0.391. The van der Waals surface area contributed by atoms with Gasteiger partial charge in [-0.15, -0.1) is 0 Å². The van der Waals surface area contributed by atoms with E-state index in [4.69, 9.17) is 16.3 Å². The molecule has 7 nitrogen and oxygen atoms in total. The molecule has 1 unspecified atom stereocenters. The fourth-order valence-electron chi connectivity index (χ4n) is 3.83. The van der Waals surface area contributed by atoms with Gasteiger partial charge in [-0.05, 0) is 55.0 Å². The van der Waals surface area contributed by atoms with Gasteiger partial charge in [0.15, 0.2) is 5.75 Å². The first-order valence-corrected chi connectivity index (χ1v) is 10.3. The van der Waals surface area contributed by atoms with Crippen molar-refractivity contribution in [2.75, 3.05) is 17.7 Å². The maximum atomic E-state index is 11.7. The lowest BCUT2D eigenvalue weighted by atomic mass is 9.73. The summed E-state index contributed by atoms with van der Waals surface area (Å²) >= 11 is 6.25. The topological polar surface area (TPSA) is 96.9 Å². The first-order valence-electron chi connectivity index (χ1n) is 9.89. The van der Waals surface area contributed by atoms with Gasteiger partial charge in [0.1, 0.15) is 5.54 Å². The van der Waals surface area contributed by atoms with Crippen LogP contribution in [-0.2, 0) is 16.0 Å². The van der Waals surface area contributed by atoms with Gasteiger partial charge in [0.05, 0.1) is 18.8 Å². The molecule has 3 N–H and O–H groups in total. The molecule has 1 atom stereocenters. The van der Waals surface area contributed by atoms with Crippen LogP contribution in [0.2, 0.25) is 5.02 Å². The highest BCUT2D eigenvalue weighted by Gasteiger charge is 2.38. The number of rotatable bonds is 5. The Bertz CT molecular complexity index is 1020. The van der Waals surface area contributed by atoms with E-state index in [1.165, 1.54) is 7.11 Å². The number of nitrogens with one attached hydrogen (secondary N) is 2. The number of methoxy groups -OCH3 is 1. The molecule has 0 aliphatic carbocycles. The Kier molecular flexibility index (Phi) is 6.09. The highest BCUT2D eigenvalue weighted by molar-refractivity contribution is 6.31. The Hall–Kier alpha value is -2.93. The van der Waals surface area contributed by atoms with Crippen molar-refractivity contribution < 1.29 is 24.2 Å². The van der Waals surface area contributed by atoms with Crippen LogP contribution >= 0.6 is 11.6 Å². The summed E-state index contributed by atoms with van der Waals surface area (Å²) in [5.41, 5.74) is 1.98. The van der Waals surface area contributed by atoms with Crippen LogP contribution in [0.1, 0.15) is 44.9 Å². The molecule has 0 saturated heterocycles. The lowest BCUT2D eigenvalue weighted by molar-refractivity contribution is -0.141. The number of hydrogen-bond donors (Lipinski definition) is 3. The number of anilines is 2. The van der Waals surface area contributed by atoms with Crippen molar-refractivity contribution in [3.8, 4) is 5.75 Å². The van der Waals surface area contributed by atoms with Gasteiger partial charge in [-0.25, -0.2) is 9.59 Å². The molecule has 166 valence electrons. The fourth-order valence-corrected chi connectivity index (χ4v) is 4.06. The second-order valence-corrected chi connectivity index (χ2v) is 9.35. The number of aliphatic carboxylic acids is 1. The van der Waals surface area contributed by atoms with Crippen molar-refractivity contribution >= 4 is 35.1 Å². The van der Waals surface area contributed by atoms with Gasteiger partial charge in [0.25, 0.3) is 0 Å². The zero-order valence-corrected chi connectivity index (χ0v) is 19.0. The Morgan fingerprint density at radius 2 is 1.97 bits per heavy atom. The molecule has 3 rings (SSSR count). The van der Waals surface area contributed by atoms with E-state index in [1.54, 1.807) is 19.9 Å². The summed E-state index contributed by atoms with van der Waals surface area (Å²) in [6, 6.07) is 11.0. The van der Waals surface area contributed by atoms with Crippen LogP contribution < -0.4 is 15.4 Å². The zero-order chi connectivity index (χ0) is 23.0. The SMILES string of the molecule is COC(=O)Oc1cc(Cl)cc2c1NC(c1cccc(NC(C)(C)C(=O)O)c1)C(C)(C)C2. The first-order chi connectivity index (χ1) is 14.4. The highest BCUT2D eigenvalue weighted by Crippen LogP contribution is 2.49.